The first-order valence-corrected chi connectivity index (χ1v) is 5.80. The molecule has 2 aliphatic rings. The number of ether oxygens (including phenoxy) is 1. The van der Waals surface area contributed by atoms with Gasteiger partial charge < -0.3 is 15.8 Å². The highest BCUT2D eigenvalue weighted by Crippen LogP contribution is 2.46. The number of rotatable bonds is 4. The number of hydrogen-bond donors (Lipinski definition) is 2. The van der Waals surface area contributed by atoms with Gasteiger partial charge in [0.2, 0.25) is 5.91 Å². The molecule has 1 spiro atoms. The Morgan fingerprint density at radius 3 is 2.76 bits per heavy atom. The lowest BCUT2D eigenvalue weighted by molar-refractivity contribution is -0.145. The molecule has 0 aromatic heterocycles. The Morgan fingerprint density at radius 2 is 2.29 bits per heavy atom. The predicted octanol–water partition coefficient (Wildman–Crippen LogP) is 0.357. The van der Waals surface area contributed by atoms with E-state index in [1.165, 1.54) is 0 Å². The van der Waals surface area contributed by atoms with Crippen LogP contribution in [0.1, 0.15) is 32.6 Å². The van der Waals surface area contributed by atoms with E-state index >= 15 is 0 Å². The molecule has 0 aromatic carbocycles. The summed E-state index contributed by atoms with van der Waals surface area (Å²) in [6.07, 6.45) is 3.33. The maximum absolute atomic E-state index is 11.6. The van der Waals surface area contributed by atoms with Crippen LogP contribution in [0.3, 0.4) is 0 Å². The summed E-state index contributed by atoms with van der Waals surface area (Å²) in [4.78, 5) is 23.0. The lowest BCUT2D eigenvalue weighted by Crippen LogP contribution is -2.36. The van der Waals surface area contributed by atoms with Crippen molar-refractivity contribution in [2.45, 2.75) is 44.2 Å². The highest BCUT2D eigenvalue weighted by Gasteiger charge is 2.52. The Hall–Kier alpha value is -0.810. The van der Waals surface area contributed by atoms with Gasteiger partial charge in [0, 0.05) is 11.5 Å². The van der Waals surface area contributed by atoms with Gasteiger partial charge in [-0.05, 0) is 32.6 Å². The average molecular weight is 263 g/mol. The van der Waals surface area contributed by atoms with Crippen molar-refractivity contribution < 1.29 is 14.3 Å². The zero-order valence-corrected chi connectivity index (χ0v) is 10.7. The van der Waals surface area contributed by atoms with Crippen LogP contribution in [0.25, 0.3) is 0 Å². The Kier molecular flexibility index (Phi) is 4.38. The molecule has 1 saturated heterocycles. The molecule has 1 aliphatic carbocycles. The fourth-order valence-corrected chi connectivity index (χ4v) is 2.30. The van der Waals surface area contributed by atoms with Gasteiger partial charge in [0.25, 0.3) is 0 Å². The van der Waals surface area contributed by atoms with Gasteiger partial charge in [0.15, 0.2) is 0 Å². The maximum Gasteiger partial charge on any atom is 0.322 e. The van der Waals surface area contributed by atoms with Crippen molar-refractivity contribution in [1.29, 1.82) is 0 Å². The van der Waals surface area contributed by atoms with Crippen LogP contribution in [-0.4, -0.2) is 30.1 Å². The summed E-state index contributed by atoms with van der Waals surface area (Å²) in [6, 6.07) is -0.676. The van der Waals surface area contributed by atoms with Gasteiger partial charge in [-0.25, -0.2) is 0 Å². The average Bonchev–Trinajstić information content (AvgIpc) is 2.89. The van der Waals surface area contributed by atoms with Crippen LogP contribution >= 0.6 is 12.4 Å². The van der Waals surface area contributed by atoms with E-state index in [0.717, 1.165) is 19.3 Å². The standard InChI is InChI=1S/C11H18N2O3.ClH/c1-2-16-10(15)8(12)5-7-6-11(3-4-11)13-9(7)14;/h7-8H,2-6,12H2,1H3,(H,13,14);1H/t7-,8+;/m1./s1. The first kappa shape index (κ1) is 14.3. The lowest BCUT2D eigenvalue weighted by atomic mass is 9.96. The molecular weight excluding hydrogens is 244 g/mol. The molecule has 1 saturated carbocycles. The van der Waals surface area contributed by atoms with Gasteiger partial charge in [-0.2, -0.15) is 0 Å². The fraction of sp³-hybridized carbons (Fsp3) is 0.818. The van der Waals surface area contributed by atoms with Crippen molar-refractivity contribution in [3.63, 3.8) is 0 Å². The van der Waals surface area contributed by atoms with Crippen LogP contribution in [0.4, 0.5) is 0 Å². The van der Waals surface area contributed by atoms with Crippen molar-refractivity contribution >= 4 is 24.3 Å². The summed E-state index contributed by atoms with van der Waals surface area (Å²) in [7, 11) is 0. The Labute approximate surface area is 107 Å². The van der Waals surface area contributed by atoms with E-state index in [-0.39, 0.29) is 29.8 Å². The second-order valence-electron chi connectivity index (χ2n) is 4.76. The van der Waals surface area contributed by atoms with E-state index in [0.29, 0.717) is 13.0 Å². The Morgan fingerprint density at radius 1 is 1.65 bits per heavy atom. The molecule has 6 heteroatoms. The number of esters is 1. The topological polar surface area (TPSA) is 81.4 Å². The molecule has 1 amide bonds. The van der Waals surface area contributed by atoms with E-state index in [1.807, 2.05) is 0 Å². The van der Waals surface area contributed by atoms with Crippen molar-refractivity contribution in [1.82, 2.24) is 5.32 Å². The molecule has 1 heterocycles. The van der Waals surface area contributed by atoms with Crippen molar-refractivity contribution in [3.05, 3.63) is 0 Å². The summed E-state index contributed by atoms with van der Waals surface area (Å²) >= 11 is 0. The molecule has 0 radical (unpaired) electrons. The molecule has 2 rings (SSSR count). The maximum atomic E-state index is 11.6. The van der Waals surface area contributed by atoms with E-state index in [1.54, 1.807) is 6.92 Å². The third-order valence-corrected chi connectivity index (χ3v) is 3.38. The van der Waals surface area contributed by atoms with Gasteiger partial charge in [-0.3, -0.25) is 9.59 Å². The van der Waals surface area contributed by atoms with Crippen LogP contribution in [0.15, 0.2) is 0 Å². The van der Waals surface area contributed by atoms with Crippen LogP contribution in [0.2, 0.25) is 0 Å². The summed E-state index contributed by atoms with van der Waals surface area (Å²) in [5.74, 6) is -0.494. The van der Waals surface area contributed by atoms with E-state index in [9.17, 15) is 9.59 Å². The molecule has 3 N–H and O–H groups in total. The van der Waals surface area contributed by atoms with Crippen molar-refractivity contribution in [2.24, 2.45) is 11.7 Å². The first-order valence-electron chi connectivity index (χ1n) is 5.80. The number of carbonyl (C=O) groups excluding carboxylic acids is 2. The molecule has 1 aliphatic heterocycles. The zero-order valence-electron chi connectivity index (χ0n) is 9.90. The Balaban J connectivity index is 0.00000144. The van der Waals surface area contributed by atoms with Gasteiger partial charge in [0.1, 0.15) is 6.04 Å². The minimum atomic E-state index is -0.676. The summed E-state index contributed by atoms with van der Waals surface area (Å²) in [5.41, 5.74) is 5.75. The highest BCUT2D eigenvalue weighted by atomic mass is 35.5. The Bertz CT molecular complexity index is 318. The number of halogens is 1. The van der Waals surface area contributed by atoms with Crippen LogP contribution in [0, 0.1) is 5.92 Å². The second-order valence-corrected chi connectivity index (χ2v) is 4.76. The SMILES string of the molecule is CCOC(=O)[C@@H](N)C[C@@H]1CC2(CC2)NC1=O.Cl. The van der Waals surface area contributed by atoms with Gasteiger partial charge in [0.05, 0.1) is 6.61 Å². The van der Waals surface area contributed by atoms with Crippen LogP contribution in [-0.2, 0) is 14.3 Å². The third-order valence-electron chi connectivity index (χ3n) is 3.38. The first-order chi connectivity index (χ1) is 7.56. The smallest absolute Gasteiger partial charge is 0.322 e. The number of carbonyl (C=O) groups is 2. The number of amides is 1. The van der Waals surface area contributed by atoms with E-state index in [4.69, 9.17) is 10.5 Å². The molecule has 0 unspecified atom stereocenters. The molecule has 2 fully saturated rings. The molecule has 0 aromatic rings. The summed E-state index contributed by atoms with van der Waals surface area (Å²) < 4.78 is 4.82. The highest BCUT2D eigenvalue weighted by molar-refractivity contribution is 5.85. The zero-order chi connectivity index (χ0) is 11.8. The molecule has 5 nitrogen and oxygen atoms in total. The minimum absolute atomic E-state index is 0. The van der Waals surface area contributed by atoms with Gasteiger partial charge in [-0.1, -0.05) is 0 Å². The summed E-state index contributed by atoms with van der Waals surface area (Å²) in [6.45, 7) is 2.07. The quantitative estimate of drug-likeness (QED) is 0.717. The van der Waals surface area contributed by atoms with Crippen molar-refractivity contribution in [3.8, 4) is 0 Å². The molecule has 2 atom stereocenters. The second kappa shape index (κ2) is 5.23. The predicted molar refractivity (Wildman–Crippen MR) is 64.7 cm³/mol. The molecule has 98 valence electrons. The molecule has 0 bridgehead atoms. The van der Waals surface area contributed by atoms with Gasteiger partial charge in [-0.15, -0.1) is 12.4 Å². The normalized spacial score (nSPS) is 26.0. The van der Waals surface area contributed by atoms with Crippen LogP contribution in [0.5, 0.6) is 0 Å². The van der Waals surface area contributed by atoms with Crippen molar-refractivity contribution in [2.75, 3.05) is 6.61 Å². The van der Waals surface area contributed by atoms with E-state index < -0.39 is 12.0 Å². The van der Waals surface area contributed by atoms with Gasteiger partial charge >= 0.3 is 5.97 Å². The number of nitrogens with two attached hydrogens (primary N) is 1. The third kappa shape index (κ3) is 3.10. The van der Waals surface area contributed by atoms with E-state index in [2.05, 4.69) is 5.32 Å². The minimum Gasteiger partial charge on any atom is -0.465 e. The van der Waals surface area contributed by atoms with Crippen LogP contribution < -0.4 is 11.1 Å². The number of hydrogen-bond acceptors (Lipinski definition) is 4. The molecular formula is C11H19ClN2O3. The fourth-order valence-electron chi connectivity index (χ4n) is 2.30. The number of nitrogens with one attached hydrogen (secondary N) is 1. The largest absolute Gasteiger partial charge is 0.465 e. The summed E-state index contributed by atoms with van der Waals surface area (Å²) in [5, 5.41) is 2.98. The molecule has 17 heavy (non-hydrogen) atoms. The lowest BCUT2D eigenvalue weighted by Gasteiger charge is -2.13. The monoisotopic (exact) mass is 262 g/mol.